The Morgan fingerprint density at radius 3 is 2.66 bits per heavy atom. The highest BCUT2D eigenvalue weighted by Crippen LogP contribution is 2.26. The quantitative estimate of drug-likeness (QED) is 0.700. The molecular formula is C22H27FN2O3S. The first-order valence-electron chi connectivity index (χ1n) is 9.57. The van der Waals surface area contributed by atoms with Gasteiger partial charge in [0, 0.05) is 38.5 Å². The lowest BCUT2D eigenvalue weighted by atomic mass is 10.1. The van der Waals surface area contributed by atoms with Crippen LogP contribution in [0, 0.1) is 12.7 Å². The summed E-state index contributed by atoms with van der Waals surface area (Å²) in [6.45, 7) is 8.66. The van der Waals surface area contributed by atoms with Crippen molar-refractivity contribution in [3.63, 3.8) is 0 Å². The van der Waals surface area contributed by atoms with E-state index in [9.17, 15) is 12.8 Å². The molecule has 156 valence electrons. The van der Waals surface area contributed by atoms with Crippen LogP contribution in [0.3, 0.4) is 0 Å². The van der Waals surface area contributed by atoms with Gasteiger partial charge in [0.1, 0.15) is 17.7 Å². The lowest BCUT2D eigenvalue weighted by Crippen LogP contribution is -2.50. The number of ether oxygens (including phenoxy) is 1. The highest BCUT2D eigenvalue weighted by atomic mass is 32.2. The molecule has 0 aromatic heterocycles. The molecule has 0 radical (unpaired) electrons. The lowest BCUT2D eigenvalue weighted by molar-refractivity contribution is 0.116. The fourth-order valence-electron chi connectivity index (χ4n) is 3.35. The number of benzene rings is 2. The summed E-state index contributed by atoms with van der Waals surface area (Å²) in [5, 5.41) is 3.38. The molecule has 7 heteroatoms. The van der Waals surface area contributed by atoms with Crippen molar-refractivity contribution in [2.45, 2.75) is 24.0 Å². The Morgan fingerprint density at radius 2 is 2.03 bits per heavy atom. The number of piperazine rings is 1. The zero-order valence-corrected chi connectivity index (χ0v) is 17.6. The predicted octanol–water partition coefficient (Wildman–Crippen LogP) is 3.12. The molecule has 1 aliphatic heterocycles. The van der Waals surface area contributed by atoms with Crippen LogP contribution >= 0.6 is 0 Å². The summed E-state index contributed by atoms with van der Waals surface area (Å²) < 4.78 is 43.7. The number of nitrogens with one attached hydrogen (secondary N) is 1. The van der Waals surface area contributed by atoms with Crippen molar-refractivity contribution >= 4 is 9.84 Å². The maximum atomic E-state index is 14.2. The van der Waals surface area contributed by atoms with Gasteiger partial charge < -0.3 is 10.1 Å². The molecule has 0 spiro atoms. The van der Waals surface area contributed by atoms with E-state index in [1.807, 2.05) is 12.1 Å². The first-order valence-corrected chi connectivity index (χ1v) is 11.5. The van der Waals surface area contributed by atoms with Gasteiger partial charge in [-0.2, -0.15) is 0 Å². The monoisotopic (exact) mass is 418 g/mol. The Kier molecular flexibility index (Phi) is 6.72. The lowest BCUT2D eigenvalue weighted by Gasteiger charge is -2.34. The van der Waals surface area contributed by atoms with Crippen LogP contribution in [0.15, 0.2) is 60.0 Å². The van der Waals surface area contributed by atoms with Crippen LogP contribution in [0.4, 0.5) is 4.39 Å². The molecule has 5 nitrogen and oxygen atoms in total. The van der Waals surface area contributed by atoms with Crippen LogP contribution in [-0.2, 0) is 9.84 Å². The first-order chi connectivity index (χ1) is 13.8. The minimum absolute atomic E-state index is 0.202. The molecule has 1 aliphatic rings. The third-order valence-corrected chi connectivity index (χ3v) is 6.22. The molecule has 1 saturated heterocycles. The summed E-state index contributed by atoms with van der Waals surface area (Å²) in [5.41, 5.74) is 1.33. The Bertz CT molecular complexity index is 961. The number of rotatable bonds is 7. The predicted molar refractivity (Wildman–Crippen MR) is 112 cm³/mol. The average molecular weight is 419 g/mol. The van der Waals surface area contributed by atoms with E-state index in [4.69, 9.17) is 4.74 Å². The van der Waals surface area contributed by atoms with Crippen LogP contribution in [0.25, 0.3) is 0 Å². The summed E-state index contributed by atoms with van der Waals surface area (Å²) in [5.74, 6) is 0.270. The van der Waals surface area contributed by atoms with Crippen molar-refractivity contribution in [2.24, 2.45) is 0 Å². The van der Waals surface area contributed by atoms with Crippen molar-refractivity contribution in [3.8, 4) is 5.75 Å². The zero-order valence-electron chi connectivity index (χ0n) is 16.8. The molecule has 2 aromatic rings. The SMILES string of the molecule is C=C[C@@H]1CN(C[C@@H](Oc2ccc(S(C)(=O)=O)cc2)c2ccc(C)c(F)c2)CCN1. The van der Waals surface area contributed by atoms with E-state index >= 15 is 0 Å². The van der Waals surface area contributed by atoms with Gasteiger partial charge in [-0.3, -0.25) is 4.90 Å². The maximum absolute atomic E-state index is 14.2. The maximum Gasteiger partial charge on any atom is 0.175 e. The van der Waals surface area contributed by atoms with Gasteiger partial charge in [-0.15, -0.1) is 6.58 Å². The van der Waals surface area contributed by atoms with E-state index in [1.54, 1.807) is 25.1 Å². The second-order valence-electron chi connectivity index (χ2n) is 7.41. The average Bonchev–Trinajstić information content (AvgIpc) is 2.69. The summed E-state index contributed by atoms with van der Waals surface area (Å²) in [7, 11) is -3.27. The standard InChI is InChI=1S/C22H27FN2O3S/c1-4-18-14-25(12-11-24-18)15-22(17-6-5-16(2)21(23)13-17)28-19-7-9-20(10-8-19)29(3,26)27/h4-10,13,18,22,24H,1,11-12,14-15H2,2-3H3/t18-,22-/m1/s1. The van der Waals surface area contributed by atoms with E-state index < -0.39 is 15.9 Å². The summed E-state index contributed by atoms with van der Waals surface area (Å²) >= 11 is 0. The van der Waals surface area contributed by atoms with E-state index in [2.05, 4.69) is 16.8 Å². The second kappa shape index (κ2) is 9.07. The van der Waals surface area contributed by atoms with E-state index in [0.29, 0.717) is 17.9 Å². The van der Waals surface area contributed by atoms with Gasteiger partial charge in [-0.1, -0.05) is 18.2 Å². The van der Waals surface area contributed by atoms with E-state index in [-0.39, 0.29) is 16.8 Å². The number of aryl methyl sites for hydroxylation is 1. The highest BCUT2D eigenvalue weighted by molar-refractivity contribution is 7.90. The van der Waals surface area contributed by atoms with Gasteiger partial charge in [0.15, 0.2) is 9.84 Å². The highest BCUT2D eigenvalue weighted by Gasteiger charge is 2.23. The Balaban J connectivity index is 1.83. The van der Waals surface area contributed by atoms with E-state index in [1.165, 1.54) is 24.5 Å². The molecule has 29 heavy (non-hydrogen) atoms. The fraction of sp³-hybridized carbons (Fsp3) is 0.364. The zero-order chi connectivity index (χ0) is 21.0. The molecule has 2 aromatic carbocycles. The van der Waals surface area contributed by atoms with Crippen LogP contribution in [0.5, 0.6) is 5.75 Å². The minimum atomic E-state index is -3.27. The van der Waals surface area contributed by atoms with Crippen molar-refractivity contribution in [2.75, 3.05) is 32.4 Å². The number of halogens is 1. The fourth-order valence-corrected chi connectivity index (χ4v) is 3.98. The molecule has 0 amide bonds. The van der Waals surface area contributed by atoms with Gasteiger partial charge in [0.25, 0.3) is 0 Å². The molecule has 0 bridgehead atoms. The molecule has 1 fully saturated rings. The van der Waals surface area contributed by atoms with Crippen LogP contribution in [0.1, 0.15) is 17.2 Å². The Morgan fingerprint density at radius 1 is 1.31 bits per heavy atom. The van der Waals surface area contributed by atoms with Gasteiger partial charge >= 0.3 is 0 Å². The normalized spacial score (nSPS) is 18.9. The minimum Gasteiger partial charge on any atom is -0.484 e. The summed E-state index contributed by atoms with van der Waals surface area (Å²) in [6.07, 6.45) is 2.66. The molecule has 3 rings (SSSR count). The molecule has 2 atom stereocenters. The second-order valence-corrected chi connectivity index (χ2v) is 9.43. The van der Waals surface area contributed by atoms with Crippen molar-refractivity contribution in [1.82, 2.24) is 10.2 Å². The smallest absolute Gasteiger partial charge is 0.175 e. The van der Waals surface area contributed by atoms with Crippen molar-refractivity contribution in [1.29, 1.82) is 0 Å². The first kappa shape index (κ1) is 21.5. The number of nitrogens with zero attached hydrogens (tertiary/aromatic N) is 1. The topological polar surface area (TPSA) is 58.6 Å². The molecule has 0 saturated carbocycles. The number of hydrogen-bond donors (Lipinski definition) is 1. The Labute approximate surface area is 172 Å². The van der Waals surface area contributed by atoms with Gasteiger partial charge in [0.2, 0.25) is 0 Å². The molecule has 0 aliphatic carbocycles. The van der Waals surface area contributed by atoms with Crippen LogP contribution < -0.4 is 10.1 Å². The van der Waals surface area contributed by atoms with Gasteiger partial charge in [0.05, 0.1) is 4.90 Å². The molecule has 0 unspecified atom stereocenters. The third-order valence-electron chi connectivity index (χ3n) is 5.10. The van der Waals surface area contributed by atoms with Crippen molar-refractivity contribution in [3.05, 3.63) is 72.1 Å². The molecule has 1 N–H and O–H groups in total. The van der Waals surface area contributed by atoms with Crippen LogP contribution in [0.2, 0.25) is 0 Å². The van der Waals surface area contributed by atoms with Crippen molar-refractivity contribution < 1.29 is 17.5 Å². The third kappa shape index (κ3) is 5.65. The van der Waals surface area contributed by atoms with Gasteiger partial charge in [-0.25, -0.2) is 12.8 Å². The van der Waals surface area contributed by atoms with Gasteiger partial charge in [-0.05, 0) is 48.4 Å². The number of hydrogen-bond acceptors (Lipinski definition) is 5. The van der Waals surface area contributed by atoms with Crippen LogP contribution in [-0.4, -0.2) is 51.8 Å². The van der Waals surface area contributed by atoms with E-state index in [0.717, 1.165) is 25.2 Å². The molecular weight excluding hydrogens is 391 g/mol. The summed E-state index contributed by atoms with van der Waals surface area (Å²) in [6, 6.07) is 11.7. The number of sulfone groups is 1. The summed E-state index contributed by atoms with van der Waals surface area (Å²) in [4.78, 5) is 2.49. The Hall–Kier alpha value is -2.22. The largest absolute Gasteiger partial charge is 0.484 e. The molecule has 1 heterocycles.